The summed E-state index contributed by atoms with van der Waals surface area (Å²) in [6.07, 6.45) is 1.39. The number of ketones is 1. The zero-order valence-electron chi connectivity index (χ0n) is 17.0. The van der Waals surface area contributed by atoms with Crippen molar-refractivity contribution in [3.8, 4) is 5.69 Å². The summed E-state index contributed by atoms with van der Waals surface area (Å²) in [5, 5.41) is 4.78. The third-order valence-electron chi connectivity index (χ3n) is 5.02. The molecule has 4 aromatic rings. The van der Waals surface area contributed by atoms with Gasteiger partial charge in [0.15, 0.2) is 5.78 Å². The Kier molecular flexibility index (Phi) is 5.44. The molecular weight excluding hydrogens is 414 g/mol. The van der Waals surface area contributed by atoms with Gasteiger partial charge < -0.3 is 11.1 Å². The molecule has 0 aliphatic heterocycles. The van der Waals surface area contributed by atoms with Crippen LogP contribution in [0.5, 0.6) is 0 Å². The standard InChI is InChI=1S/C23H20ClN5O2/c1-13(27-21-17(14(2)30)12-26-23(25)28-21)19-11-15-7-6-10-18(24)20(15)22(31)29(19)16-8-4-3-5-9-16/h3-13H,1-2H3,(H3,25,26,27,28). The van der Waals surface area contributed by atoms with Crippen molar-refractivity contribution >= 4 is 39.9 Å². The lowest BCUT2D eigenvalue weighted by Gasteiger charge is -2.22. The first-order valence-corrected chi connectivity index (χ1v) is 10.0. The highest BCUT2D eigenvalue weighted by molar-refractivity contribution is 6.35. The highest BCUT2D eigenvalue weighted by Gasteiger charge is 2.20. The van der Waals surface area contributed by atoms with E-state index in [1.807, 2.05) is 49.4 Å². The van der Waals surface area contributed by atoms with Crippen LogP contribution in [0, 0.1) is 0 Å². The first kappa shape index (κ1) is 20.6. The molecule has 0 saturated carbocycles. The predicted molar refractivity (Wildman–Crippen MR) is 123 cm³/mol. The lowest BCUT2D eigenvalue weighted by molar-refractivity contribution is 0.101. The van der Waals surface area contributed by atoms with E-state index in [0.717, 1.165) is 5.39 Å². The molecule has 1 unspecified atom stereocenters. The Balaban J connectivity index is 1.92. The number of halogens is 1. The molecule has 8 heteroatoms. The Bertz CT molecular complexity index is 1350. The first-order chi connectivity index (χ1) is 14.9. The van der Waals surface area contributed by atoms with Crippen LogP contribution in [-0.2, 0) is 0 Å². The van der Waals surface area contributed by atoms with Crippen LogP contribution in [0.2, 0.25) is 5.02 Å². The molecule has 0 bridgehead atoms. The molecule has 0 amide bonds. The number of nitrogens with two attached hydrogens (primary N) is 1. The topological polar surface area (TPSA) is 103 Å². The lowest BCUT2D eigenvalue weighted by atomic mass is 10.1. The number of rotatable bonds is 5. The molecule has 0 fully saturated rings. The number of nitrogens with one attached hydrogen (secondary N) is 1. The zero-order valence-corrected chi connectivity index (χ0v) is 17.7. The number of Topliss-reactive ketones (excluding diaryl/α,β-unsaturated/α-hetero) is 1. The van der Waals surface area contributed by atoms with Crippen molar-refractivity contribution < 1.29 is 4.79 Å². The number of anilines is 2. The zero-order chi connectivity index (χ0) is 22.1. The second-order valence-electron chi connectivity index (χ2n) is 7.16. The number of fused-ring (bicyclic) bond motifs is 1. The van der Waals surface area contributed by atoms with Gasteiger partial charge >= 0.3 is 0 Å². The maximum Gasteiger partial charge on any atom is 0.264 e. The van der Waals surface area contributed by atoms with Crippen LogP contribution in [0.1, 0.15) is 35.9 Å². The quantitative estimate of drug-likeness (QED) is 0.452. The van der Waals surface area contributed by atoms with Gasteiger partial charge in [-0.3, -0.25) is 14.2 Å². The van der Waals surface area contributed by atoms with Crippen LogP contribution in [0.15, 0.2) is 65.6 Å². The number of nitrogens with zero attached hydrogens (tertiary/aromatic N) is 3. The Morgan fingerprint density at radius 2 is 1.90 bits per heavy atom. The monoisotopic (exact) mass is 433 g/mol. The van der Waals surface area contributed by atoms with Crippen molar-refractivity contribution in [2.75, 3.05) is 11.1 Å². The third-order valence-corrected chi connectivity index (χ3v) is 5.34. The molecule has 3 N–H and O–H groups in total. The lowest BCUT2D eigenvalue weighted by Crippen LogP contribution is -2.26. The van der Waals surface area contributed by atoms with Crippen molar-refractivity contribution in [1.82, 2.24) is 14.5 Å². The largest absolute Gasteiger partial charge is 0.368 e. The van der Waals surface area contributed by atoms with E-state index >= 15 is 0 Å². The molecule has 2 aromatic heterocycles. The van der Waals surface area contributed by atoms with Gasteiger partial charge in [-0.25, -0.2) is 4.98 Å². The number of carbonyl (C=O) groups is 1. The molecule has 2 heterocycles. The number of carbonyl (C=O) groups excluding carboxylic acids is 1. The minimum Gasteiger partial charge on any atom is -0.368 e. The molecule has 0 saturated heterocycles. The van der Waals surface area contributed by atoms with Crippen molar-refractivity contribution in [3.05, 3.63) is 87.4 Å². The Morgan fingerprint density at radius 1 is 1.16 bits per heavy atom. The van der Waals surface area contributed by atoms with Crippen LogP contribution in [0.25, 0.3) is 16.5 Å². The van der Waals surface area contributed by atoms with Crippen LogP contribution < -0.4 is 16.6 Å². The highest BCUT2D eigenvalue weighted by atomic mass is 35.5. The fourth-order valence-electron chi connectivity index (χ4n) is 3.54. The van der Waals surface area contributed by atoms with Gasteiger partial charge in [-0.05, 0) is 43.5 Å². The van der Waals surface area contributed by atoms with E-state index in [1.165, 1.54) is 13.1 Å². The van der Waals surface area contributed by atoms with E-state index in [1.54, 1.807) is 16.7 Å². The summed E-state index contributed by atoms with van der Waals surface area (Å²) in [5.74, 6) is 0.164. The minimum atomic E-state index is -0.399. The van der Waals surface area contributed by atoms with E-state index in [-0.39, 0.29) is 17.3 Å². The average molecular weight is 434 g/mol. The number of aromatic nitrogens is 3. The number of benzene rings is 2. The third kappa shape index (κ3) is 3.87. The van der Waals surface area contributed by atoms with Gasteiger partial charge in [0, 0.05) is 17.6 Å². The molecule has 7 nitrogen and oxygen atoms in total. The summed E-state index contributed by atoms with van der Waals surface area (Å²) in [6.45, 7) is 3.31. The van der Waals surface area contributed by atoms with E-state index < -0.39 is 6.04 Å². The van der Waals surface area contributed by atoms with Crippen LogP contribution in [0.3, 0.4) is 0 Å². The van der Waals surface area contributed by atoms with Gasteiger partial charge in [0.1, 0.15) is 5.82 Å². The fourth-order valence-corrected chi connectivity index (χ4v) is 3.81. The molecule has 0 radical (unpaired) electrons. The molecule has 4 rings (SSSR count). The second-order valence-corrected chi connectivity index (χ2v) is 7.57. The Morgan fingerprint density at radius 3 is 2.61 bits per heavy atom. The average Bonchev–Trinajstić information content (AvgIpc) is 2.74. The van der Waals surface area contributed by atoms with E-state index in [9.17, 15) is 9.59 Å². The first-order valence-electron chi connectivity index (χ1n) is 9.66. The SMILES string of the molecule is CC(=O)c1cnc(N)nc1NC(C)c1cc2cccc(Cl)c2c(=O)n1-c1ccccc1. The molecule has 0 spiro atoms. The Labute approximate surface area is 183 Å². The summed E-state index contributed by atoms with van der Waals surface area (Å²) in [5.41, 5.74) is 7.20. The van der Waals surface area contributed by atoms with E-state index in [2.05, 4.69) is 15.3 Å². The number of hydrogen-bond acceptors (Lipinski definition) is 6. The number of pyridine rings is 1. The predicted octanol–water partition coefficient (Wildman–Crippen LogP) is 4.39. The minimum absolute atomic E-state index is 0.0467. The number of para-hydroxylation sites is 1. The van der Waals surface area contributed by atoms with Gasteiger partial charge in [-0.1, -0.05) is 41.9 Å². The van der Waals surface area contributed by atoms with Crippen LogP contribution in [-0.4, -0.2) is 20.3 Å². The van der Waals surface area contributed by atoms with Gasteiger partial charge in [0.05, 0.1) is 22.0 Å². The second kappa shape index (κ2) is 8.20. The van der Waals surface area contributed by atoms with Crippen LogP contribution >= 0.6 is 11.6 Å². The van der Waals surface area contributed by atoms with Crippen molar-refractivity contribution in [2.45, 2.75) is 19.9 Å². The van der Waals surface area contributed by atoms with Crippen molar-refractivity contribution in [2.24, 2.45) is 0 Å². The summed E-state index contributed by atoms with van der Waals surface area (Å²) in [7, 11) is 0. The molecular formula is C23H20ClN5O2. The smallest absolute Gasteiger partial charge is 0.264 e. The van der Waals surface area contributed by atoms with E-state index in [4.69, 9.17) is 17.3 Å². The Hall–Kier alpha value is -3.71. The molecule has 1 atom stereocenters. The maximum atomic E-state index is 13.5. The summed E-state index contributed by atoms with van der Waals surface area (Å²) >= 11 is 6.36. The maximum absolute atomic E-state index is 13.5. The number of nitrogen functional groups attached to an aromatic ring is 1. The van der Waals surface area contributed by atoms with Crippen molar-refractivity contribution in [1.29, 1.82) is 0 Å². The van der Waals surface area contributed by atoms with Crippen molar-refractivity contribution in [3.63, 3.8) is 0 Å². The summed E-state index contributed by atoms with van der Waals surface area (Å²) in [4.78, 5) is 33.6. The molecule has 156 valence electrons. The molecule has 0 aliphatic carbocycles. The van der Waals surface area contributed by atoms with Crippen LogP contribution in [0.4, 0.5) is 11.8 Å². The molecule has 2 aromatic carbocycles. The number of hydrogen-bond donors (Lipinski definition) is 2. The van der Waals surface area contributed by atoms with Gasteiger partial charge in [0.2, 0.25) is 5.95 Å². The van der Waals surface area contributed by atoms with Gasteiger partial charge in [-0.15, -0.1) is 0 Å². The summed E-state index contributed by atoms with van der Waals surface area (Å²) < 4.78 is 1.61. The fraction of sp³-hybridized carbons (Fsp3) is 0.130. The molecule has 31 heavy (non-hydrogen) atoms. The highest BCUT2D eigenvalue weighted by Crippen LogP contribution is 2.27. The molecule has 0 aliphatic rings. The van der Waals surface area contributed by atoms with Gasteiger partial charge in [-0.2, -0.15) is 4.98 Å². The normalized spacial score (nSPS) is 12.0. The summed E-state index contributed by atoms with van der Waals surface area (Å²) in [6, 6.07) is 16.2. The van der Waals surface area contributed by atoms with E-state index in [0.29, 0.717) is 33.2 Å². The van der Waals surface area contributed by atoms with Gasteiger partial charge in [0.25, 0.3) is 5.56 Å².